The Morgan fingerprint density at radius 2 is 2.04 bits per heavy atom. The number of nitrogens with zero attached hydrogens (tertiary/aromatic N) is 2. The Morgan fingerprint density at radius 3 is 2.74 bits per heavy atom. The van der Waals surface area contributed by atoms with Crippen LogP contribution in [0, 0.1) is 10.1 Å². The Labute approximate surface area is 157 Å². The number of fused-ring (bicyclic) bond motifs is 1. The van der Waals surface area contributed by atoms with Crippen molar-refractivity contribution in [2.75, 3.05) is 20.7 Å². The molecule has 0 spiro atoms. The molecule has 0 N–H and O–H groups in total. The number of nitro benzene ring substituents is 1. The van der Waals surface area contributed by atoms with Gasteiger partial charge in [0.1, 0.15) is 11.4 Å². The van der Waals surface area contributed by atoms with E-state index in [-0.39, 0.29) is 23.9 Å². The molecule has 0 aliphatic carbocycles. The van der Waals surface area contributed by atoms with E-state index < -0.39 is 10.5 Å². The van der Waals surface area contributed by atoms with Crippen LogP contribution in [0.5, 0.6) is 11.5 Å². The number of carbonyl (C=O) groups excluding carboxylic acids is 1. The Balaban J connectivity index is 1.81. The molecule has 1 unspecified atom stereocenters. The van der Waals surface area contributed by atoms with Gasteiger partial charge in [-0.25, -0.2) is 0 Å². The predicted octanol–water partition coefficient (Wildman–Crippen LogP) is 3.54. The van der Waals surface area contributed by atoms with Gasteiger partial charge < -0.3 is 14.4 Å². The van der Waals surface area contributed by atoms with Gasteiger partial charge in [0, 0.05) is 24.2 Å². The number of hydrogen-bond acceptors (Lipinski definition) is 5. The quantitative estimate of drug-likeness (QED) is 0.595. The summed E-state index contributed by atoms with van der Waals surface area (Å²) in [6.45, 7) is 2.02. The van der Waals surface area contributed by atoms with Gasteiger partial charge in [-0.2, -0.15) is 0 Å². The van der Waals surface area contributed by atoms with E-state index in [0.29, 0.717) is 16.9 Å². The topological polar surface area (TPSA) is 81.9 Å². The maximum Gasteiger partial charge on any atom is 0.311 e. The first-order valence-electron chi connectivity index (χ1n) is 8.38. The lowest BCUT2D eigenvalue weighted by atomic mass is 9.98. The number of carbonyl (C=O) groups is 1. The summed E-state index contributed by atoms with van der Waals surface area (Å²) in [7, 11) is 3.21. The highest BCUT2D eigenvalue weighted by atomic mass is 16.6. The van der Waals surface area contributed by atoms with E-state index in [1.54, 1.807) is 63.6 Å². The number of para-hydroxylation sites is 1. The summed E-state index contributed by atoms with van der Waals surface area (Å²) >= 11 is 0. The minimum absolute atomic E-state index is 0.0927. The molecule has 0 fully saturated rings. The second-order valence-corrected chi connectivity index (χ2v) is 6.59. The number of ether oxygens (including phenoxy) is 2. The highest BCUT2D eigenvalue weighted by molar-refractivity contribution is 5.94. The molecule has 7 heteroatoms. The Bertz CT molecular complexity index is 924. The molecule has 0 saturated carbocycles. The van der Waals surface area contributed by atoms with Crippen molar-refractivity contribution in [1.82, 2.24) is 4.90 Å². The van der Waals surface area contributed by atoms with E-state index in [0.717, 1.165) is 0 Å². The van der Waals surface area contributed by atoms with E-state index in [4.69, 9.17) is 9.47 Å². The third-order valence-corrected chi connectivity index (χ3v) is 4.39. The molecule has 0 saturated heterocycles. The Kier molecular flexibility index (Phi) is 4.85. The maximum atomic E-state index is 12.7. The highest BCUT2D eigenvalue weighted by Crippen LogP contribution is 2.38. The Morgan fingerprint density at radius 1 is 1.30 bits per heavy atom. The molecule has 1 aliphatic rings. The second kappa shape index (κ2) is 7.11. The molecule has 1 heterocycles. The average molecular weight is 368 g/mol. The van der Waals surface area contributed by atoms with Crippen molar-refractivity contribution in [3.8, 4) is 11.5 Å². The van der Waals surface area contributed by atoms with E-state index in [1.165, 1.54) is 11.0 Å². The first kappa shape index (κ1) is 18.4. The van der Waals surface area contributed by atoms with Crippen LogP contribution in [0.3, 0.4) is 0 Å². The van der Waals surface area contributed by atoms with E-state index >= 15 is 0 Å². The molecule has 0 radical (unpaired) electrons. The third-order valence-electron chi connectivity index (χ3n) is 4.39. The molecule has 7 nitrogen and oxygen atoms in total. The van der Waals surface area contributed by atoms with E-state index in [9.17, 15) is 14.9 Å². The minimum Gasteiger partial charge on any atom is -0.497 e. The van der Waals surface area contributed by atoms with Crippen molar-refractivity contribution in [1.29, 1.82) is 0 Å². The lowest BCUT2D eigenvalue weighted by Crippen LogP contribution is -2.45. The average Bonchev–Trinajstić information content (AvgIpc) is 2.66. The van der Waals surface area contributed by atoms with Gasteiger partial charge in [0.2, 0.25) is 5.75 Å². The van der Waals surface area contributed by atoms with E-state index in [1.807, 2.05) is 6.08 Å². The van der Waals surface area contributed by atoms with Gasteiger partial charge in [-0.1, -0.05) is 24.3 Å². The number of methoxy groups -OCH3 is 1. The van der Waals surface area contributed by atoms with Crippen molar-refractivity contribution in [3.05, 3.63) is 69.8 Å². The van der Waals surface area contributed by atoms with Crippen LogP contribution in [0.1, 0.15) is 22.8 Å². The zero-order valence-corrected chi connectivity index (χ0v) is 15.3. The fourth-order valence-corrected chi connectivity index (χ4v) is 3.07. The van der Waals surface area contributed by atoms with E-state index in [2.05, 4.69) is 0 Å². The van der Waals surface area contributed by atoms with Gasteiger partial charge in [-0.15, -0.1) is 0 Å². The van der Waals surface area contributed by atoms with Gasteiger partial charge >= 0.3 is 5.69 Å². The predicted molar refractivity (Wildman–Crippen MR) is 101 cm³/mol. The van der Waals surface area contributed by atoms with Gasteiger partial charge in [-0.3, -0.25) is 14.9 Å². The summed E-state index contributed by atoms with van der Waals surface area (Å²) in [6, 6.07) is 11.7. The first-order chi connectivity index (χ1) is 12.8. The standard InChI is InChI=1S/C20H20N2O5/c1-20(11-10-14-6-5-9-17(22(24)25)18(14)27-20)13-21(2)19(23)15-7-4-8-16(12-15)26-3/h4-12H,13H2,1-3H3. The fraction of sp³-hybridized carbons (Fsp3) is 0.250. The van der Waals surface area contributed by atoms with Gasteiger partial charge in [0.25, 0.3) is 5.91 Å². The van der Waals surface area contributed by atoms with Crippen LogP contribution in [0.2, 0.25) is 0 Å². The van der Waals surface area contributed by atoms with Crippen LogP contribution < -0.4 is 9.47 Å². The van der Waals surface area contributed by atoms with Crippen molar-refractivity contribution < 1.29 is 19.2 Å². The normalized spacial score (nSPS) is 17.6. The van der Waals surface area contributed by atoms with Crippen molar-refractivity contribution in [2.24, 2.45) is 0 Å². The number of rotatable bonds is 5. The summed E-state index contributed by atoms with van der Waals surface area (Å²) in [5.41, 5.74) is 0.155. The van der Waals surface area contributed by atoms with Crippen LogP contribution >= 0.6 is 0 Å². The summed E-state index contributed by atoms with van der Waals surface area (Å²) in [5, 5.41) is 11.3. The molecular formula is C20H20N2O5. The zero-order chi connectivity index (χ0) is 19.6. The number of likely N-dealkylation sites (N-methyl/N-ethyl adjacent to an activating group) is 1. The summed E-state index contributed by atoms with van der Waals surface area (Å²) in [4.78, 5) is 25.1. The molecule has 3 rings (SSSR count). The molecule has 1 amide bonds. The SMILES string of the molecule is COc1cccc(C(=O)N(C)CC2(C)C=Cc3cccc([N+](=O)[O-])c3O2)c1. The van der Waals surface area contributed by atoms with Crippen LogP contribution in [0.4, 0.5) is 5.69 Å². The largest absolute Gasteiger partial charge is 0.497 e. The maximum absolute atomic E-state index is 12.7. The van der Waals surface area contributed by atoms with Gasteiger partial charge in [-0.05, 0) is 31.2 Å². The van der Waals surface area contributed by atoms with Crippen molar-refractivity contribution in [2.45, 2.75) is 12.5 Å². The van der Waals surface area contributed by atoms with Crippen LogP contribution in [0.15, 0.2) is 48.5 Å². The molecule has 1 aliphatic heterocycles. The number of amides is 1. The molecule has 27 heavy (non-hydrogen) atoms. The summed E-state index contributed by atoms with van der Waals surface area (Å²) < 4.78 is 11.1. The monoisotopic (exact) mass is 368 g/mol. The first-order valence-corrected chi connectivity index (χ1v) is 8.38. The minimum atomic E-state index is -0.887. The summed E-state index contributed by atoms with van der Waals surface area (Å²) in [6.07, 6.45) is 3.60. The number of benzene rings is 2. The third kappa shape index (κ3) is 3.76. The van der Waals surface area contributed by atoms with Crippen LogP contribution in [0.25, 0.3) is 6.08 Å². The summed E-state index contributed by atoms with van der Waals surface area (Å²) in [5.74, 6) is 0.619. The molecule has 0 bridgehead atoms. The fourth-order valence-electron chi connectivity index (χ4n) is 3.07. The lowest BCUT2D eigenvalue weighted by Gasteiger charge is -2.34. The van der Waals surface area contributed by atoms with Gasteiger partial charge in [0.15, 0.2) is 0 Å². The molecule has 0 aromatic heterocycles. The zero-order valence-electron chi connectivity index (χ0n) is 15.3. The number of hydrogen-bond donors (Lipinski definition) is 0. The second-order valence-electron chi connectivity index (χ2n) is 6.59. The molecule has 1 atom stereocenters. The number of nitro groups is 1. The highest BCUT2D eigenvalue weighted by Gasteiger charge is 2.34. The molecular weight excluding hydrogens is 348 g/mol. The molecule has 2 aromatic carbocycles. The van der Waals surface area contributed by atoms with Crippen LogP contribution in [-0.2, 0) is 0 Å². The lowest BCUT2D eigenvalue weighted by molar-refractivity contribution is -0.386. The van der Waals surface area contributed by atoms with Gasteiger partial charge in [0.05, 0.1) is 18.6 Å². The van der Waals surface area contributed by atoms with Crippen LogP contribution in [-0.4, -0.2) is 42.0 Å². The van der Waals surface area contributed by atoms with Crippen molar-refractivity contribution >= 4 is 17.7 Å². The molecule has 2 aromatic rings. The Hall–Kier alpha value is -3.35. The van der Waals surface area contributed by atoms with Crippen molar-refractivity contribution in [3.63, 3.8) is 0 Å². The smallest absolute Gasteiger partial charge is 0.311 e. The molecule has 140 valence electrons.